The maximum absolute atomic E-state index is 13.2. The number of aryl methyl sites for hydroxylation is 2. The molecule has 1 fully saturated rings. The minimum atomic E-state index is -3.91. The molecule has 1 aliphatic heterocycles. The monoisotopic (exact) mass is 461 g/mol. The van der Waals surface area contributed by atoms with Crippen molar-refractivity contribution in [3.05, 3.63) is 53.9 Å². The van der Waals surface area contributed by atoms with Gasteiger partial charge < -0.3 is 0 Å². The maximum atomic E-state index is 13.2. The number of rotatable bonds is 5. The molecule has 0 saturated carbocycles. The van der Waals surface area contributed by atoms with Crippen LogP contribution < -0.4 is 0 Å². The van der Waals surface area contributed by atoms with Gasteiger partial charge in [-0.1, -0.05) is 13.3 Å². The van der Waals surface area contributed by atoms with Gasteiger partial charge in [0.15, 0.2) is 0 Å². The summed E-state index contributed by atoms with van der Waals surface area (Å²) in [4.78, 5) is 4.37. The zero-order valence-corrected chi connectivity index (χ0v) is 19.6. The third-order valence-corrected chi connectivity index (χ3v) is 9.80. The molecule has 2 aromatic carbocycles. The van der Waals surface area contributed by atoms with Crippen molar-refractivity contribution in [2.75, 3.05) is 6.54 Å². The van der Waals surface area contributed by atoms with E-state index in [1.165, 1.54) is 30.6 Å². The Hall–Kier alpha value is -2.23. The molecule has 9 heteroatoms. The van der Waals surface area contributed by atoms with E-state index in [2.05, 4.69) is 4.98 Å². The molecule has 0 amide bonds. The molecule has 1 aliphatic rings. The highest BCUT2D eigenvalue weighted by molar-refractivity contribution is 7.90. The SMILES string of the molecule is CC[C@H]1CCCCN1S(=O)(=O)c1ccc(S(=O)(=O)n2cnc3cc(C)c(C)cc32)cc1. The summed E-state index contributed by atoms with van der Waals surface area (Å²) in [6.45, 7) is 6.36. The second-order valence-corrected chi connectivity index (χ2v) is 11.8. The van der Waals surface area contributed by atoms with E-state index in [1.54, 1.807) is 10.4 Å². The molecule has 0 bridgehead atoms. The van der Waals surface area contributed by atoms with Crippen molar-refractivity contribution in [1.82, 2.24) is 13.3 Å². The summed E-state index contributed by atoms with van der Waals surface area (Å²) >= 11 is 0. The number of benzene rings is 2. The van der Waals surface area contributed by atoms with Crippen LogP contribution in [0, 0.1) is 13.8 Å². The van der Waals surface area contributed by atoms with Gasteiger partial charge in [-0.3, -0.25) is 0 Å². The van der Waals surface area contributed by atoms with Gasteiger partial charge in [-0.15, -0.1) is 0 Å². The van der Waals surface area contributed by atoms with E-state index in [0.29, 0.717) is 17.6 Å². The second kappa shape index (κ2) is 8.03. The normalized spacial score (nSPS) is 18.5. The minimum absolute atomic E-state index is 0.00818. The number of nitrogens with zero attached hydrogens (tertiary/aromatic N) is 3. The van der Waals surface area contributed by atoms with Gasteiger partial charge >= 0.3 is 0 Å². The lowest BCUT2D eigenvalue weighted by Crippen LogP contribution is -2.43. The number of hydrogen-bond donors (Lipinski definition) is 0. The molecule has 1 aromatic heterocycles. The van der Waals surface area contributed by atoms with E-state index < -0.39 is 20.0 Å². The highest BCUT2D eigenvalue weighted by atomic mass is 32.2. The Bertz CT molecular complexity index is 1330. The molecule has 0 unspecified atom stereocenters. The molecule has 0 aliphatic carbocycles. The van der Waals surface area contributed by atoms with Crippen LogP contribution in [0.2, 0.25) is 0 Å². The average Bonchev–Trinajstić information content (AvgIpc) is 3.17. The standard InChI is InChI=1S/C22H27N3O4S2/c1-4-18-7-5-6-12-24(18)30(26,27)19-8-10-20(11-9-19)31(28,29)25-15-23-21-13-16(2)17(3)14-22(21)25/h8-11,13-15,18H,4-7,12H2,1-3H3/t18-/m0/s1. The first-order valence-corrected chi connectivity index (χ1v) is 13.4. The van der Waals surface area contributed by atoms with E-state index in [0.717, 1.165) is 40.8 Å². The van der Waals surface area contributed by atoms with Crippen LogP contribution in [0.15, 0.2) is 52.5 Å². The number of aromatic nitrogens is 2. The molecule has 7 nitrogen and oxygen atoms in total. The van der Waals surface area contributed by atoms with E-state index >= 15 is 0 Å². The largest absolute Gasteiger partial charge is 0.269 e. The van der Waals surface area contributed by atoms with Crippen molar-refractivity contribution < 1.29 is 16.8 Å². The fourth-order valence-corrected chi connectivity index (χ4v) is 7.22. The predicted molar refractivity (Wildman–Crippen MR) is 120 cm³/mol. The van der Waals surface area contributed by atoms with Gasteiger partial charge in [0.05, 0.1) is 20.8 Å². The number of fused-ring (bicyclic) bond motifs is 1. The lowest BCUT2D eigenvalue weighted by molar-refractivity contribution is 0.246. The summed E-state index contributed by atoms with van der Waals surface area (Å²) in [6, 6.07) is 9.15. The average molecular weight is 462 g/mol. The van der Waals surface area contributed by atoms with Crippen LogP contribution in [0.1, 0.15) is 43.7 Å². The number of imidazole rings is 1. The predicted octanol–water partition coefficient (Wildman–Crippen LogP) is 3.84. The van der Waals surface area contributed by atoms with Crippen LogP contribution in [0.4, 0.5) is 0 Å². The minimum Gasteiger partial charge on any atom is -0.236 e. The summed E-state index contributed by atoms with van der Waals surface area (Å²) in [5.74, 6) is 0. The fourth-order valence-electron chi connectivity index (χ4n) is 4.16. The van der Waals surface area contributed by atoms with Crippen LogP contribution in [0.5, 0.6) is 0 Å². The van der Waals surface area contributed by atoms with Crippen LogP contribution in [-0.2, 0) is 20.0 Å². The summed E-state index contributed by atoms with van der Waals surface area (Å²) in [7, 11) is -7.57. The van der Waals surface area contributed by atoms with E-state index in [9.17, 15) is 16.8 Å². The lowest BCUT2D eigenvalue weighted by Gasteiger charge is -2.34. The van der Waals surface area contributed by atoms with Gasteiger partial charge in [0.2, 0.25) is 10.0 Å². The third-order valence-electron chi connectivity index (χ3n) is 6.16. The van der Waals surface area contributed by atoms with Crippen LogP contribution >= 0.6 is 0 Å². The number of piperidine rings is 1. The maximum Gasteiger partial charge on any atom is 0.269 e. The lowest BCUT2D eigenvalue weighted by atomic mass is 10.0. The Morgan fingerprint density at radius 2 is 1.55 bits per heavy atom. The molecular formula is C22H27N3O4S2. The van der Waals surface area contributed by atoms with Gasteiger partial charge in [0.1, 0.15) is 6.33 Å². The molecule has 0 spiro atoms. The van der Waals surface area contributed by atoms with E-state index in [1.807, 2.05) is 26.8 Å². The molecular weight excluding hydrogens is 434 g/mol. The van der Waals surface area contributed by atoms with Gasteiger partial charge in [-0.05, 0) is 80.6 Å². The van der Waals surface area contributed by atoms with Gasteiger partial charge in [-0.2, -0.15) is 4.31 Å². The molecule has 1 saturated heterocycles. The molecule has 2 heterocycles. The molecule has 0 N–H and O–H groups in total. The Morgan fingerprint density at radius 1 is 0.935 bits per heavy atom. The first kappa shape index (κ1) is 22.0. The smallest absolute Gasteiger partial charge is 0.236 e. The molecule has 3 aromatic rings. The van der Waals surface area contributed by atoms with Crippen molar-refractivity contribution in [2.24, 2.45) is 0 Å². The fraction of sp³-hybridized carbons (Fsp3) is 0.409. The zero-order chi connectivity index (χ0) is 22.4. The number of hydrogen-bond acceptors (Lipinski definition) is 5. The summed E-state index contributed by atoms with van der Waals surface area (Å²) < 4.78 is 55.5. The van der Waals surface area contributed by atoms with Crippen molar-refractivity contribution in [2.45, 2.75) is 62.3 Å². The Morgan fingerprint density at radius 3 is 2.19 bits per heavy atom. The Kier molecular flexibility index (Phi) is 5.70. The highest BCUT2D eigenvalue weighted by Gasteiger charge is 2.32. The second-order valence-electron chi connectivity index (χ2n) is 8.12. The van der Waals surface area contributed by atoms with Crippen molar-refractivity contribution >= 4 is 31.1 Å². The molecule has 31 heavy (non-hydrogen) atoms. The third kappa shape index (κ3) is 3.79. The summed E-state index contributed by atoms with van der Waals surface area (Å²) in [5, 5.41) is 0. The van der Waals surface area contributed by atoms with Gasteiger partial charge in [0, 0.05) is 12.6 Å². The van der Waals surface area contributed by atoms with Crippen LogP contribution in [0.3, 0.4) is 0 Å². The highest BCUT2D eigenvalue weighted by Crippen LogP contribution is 2.28. The molecule has 166 valence electrons. The van der Waals surface area contributed by atoms with E-state index in [4.69, 9.17) is 0 Å². The topological polar surface area (TPSA) is 89.3 Å². The Balaban J connectivity index is 1.70. The Labute approximate surface area is 183 Å². The molecule has 1 atom stereocenters. The zero-order valence-electron chi connectivity index (χ0n) is 17.9. The number of sulfonamides is 1. The quantitative estimate of drug-likeness (QED) is 0.576. The van der Waals surface area contributed by atoms with Gasteiger partial charge in [0.25, 0.3) is 10.0 Å². The van der Waals surface area contributed by atoms with Crippen molar-refractivity contribution in [3.63, 3.8) is 0 Å². The van der Waals surface area contributed by atoms with Crippen molar-refractivity contribution in [1.29, 1.82) is 0 Å². The molecule has 0 radical (unpaired) electrons. The van der Waals surface area contributed by atoms with Crippen LogP contribution in [0.25, 0.3) is 11.0 Å². The molecule has 4 rings (SSSR count). The van der Waals surface area contributed by atoms with Gasteiger partial charge in [-0.25, -0.2) is 25.8 Å². The van der Waals surface area contributed by atoms with E-state index in [-0.39, 0.29) is 15.8 Å². The van der Waals surface area contributed by atoms with Crippen molar-refractivity contribution in [3.8, 4) is 0 Å². The first-order chi connectivity index (χ1) is 14.7. The summed E-state index contributed by atoms with van der Waals surface area (Å²) in [6.07, 6.45) is 4.78. The van der Waals surface area contributed by atoms with Crippen LogP contribution in [-0.4, -0.2) is 42.7 Å². The first-order valence-electron chi connectivity index (χ1n) is 10.5. The summed E-state index contributed by atoms with van der Waals surface area (Å²) in [5.41, 5.74) is 3.10.